The van der Waals surface area contributed by atoms with Crippen LogP contribution in [0.15, 0.2) is 24.3 Å². The zero-order valence-corrected chi connectivity index (χ0v) is 11.2. The second kappa shape index (κ2) is 5.21. The minimum atomic E-state index is -1.11. The summed E-state index contributed by atoms with van der Waals surface area (Å²) < 4.78 is 0. The summed E-state index contributed by atoms with van der Waals surface area (Å²) in [7, 11) is 0. The topological polar surface area (TPSA) is 57.6 Å². The molecule has 0 aliphatic carbocycles. The fraction of sp³-hybridized carbons (Fsp3) is 0.429. The normalized spacial score (nSPS) is 11.1. The van der Waals surface area contributed by atoms with E-state index in [-0.39, 0.29) is 17.7 Å². The zero-order valence-electron chi connectivity index (χ0n) is 11.2. The highest BCUT2D eigenvalue weighted by atomic mass is 16.4. The summed E-state index contributed by atoms with van der Waals surface area (Å²) >= 11 is 0. The third-order valence-electron chi connectivity index (χ3n) is 2.64. The average molecular weight is 249 g/mol. The van der Waals surface area contributed by atoms with Gasteiger partial charge in [-0.25, -0.2) is 4.79 Å². The molecule has 0 aliphatic heterocycles. The van der Waals surface area contributed by atoms with Crippen molar-refractivity contribution >= 4 is 17.6 Å². The molecular weight excluding hydrogens is 230 g/mol. The summed E-state index contributed by atoms with van der Waals surface area (Å²) in [6.45, 7) is 7.43. The molecule has 0 saturated carbocycles. The Labute approximate surface area is 107 Å². The lowest BCUT2D eigenvalue weighted by Crippen LogP contribution is -2.33. The van der Waals surface area contributed by atoms with Gasteiger partial charge in [0, 0.05) is 5.69 Å². The van der Waals surface area contributed by atoms with Crippen LogP contribution in [0.1, 0.15) is 33.3 Å². The van der Waals surface area contributed by atoms with Crippen molar-refractivity contribution in [1.29, 1.82) is 0 Å². The van der Waals surface area contributed by atoms with E-state index in [9.17, 15) is 9.59 Å². The van der Waals surface area contributed by atoms with Crippen LogP contribution in [-0.2, 0) is 10.2 Å². The van der Waals surface area contributed by atoms with E-state index < -0.39 is 6.09 Å². The predicted octanol–water partition coefficient (Wildman–Crippen LogP) is 3.06. The van der Waals surface area contributed by atoms with Gasteiger partial charge in [0.25, 0.3) is 0 Å². The number of hydrogen-bond acceptors (Lipinski definition) is 2. The molecule has 18 heavy (non-hydrogen) atoms. The Kier molecular flexibility index (Phi) is 4.11. The van der Waals surface area contributed by atoms with E-state index in [1.54, 1.807) is 6.07 Å². The van der Waals surface area contributed by atoms with Gasteiger partial charge < -0.3 is 5.11 Å². The first-order valence-corrected chi connectivity index (χ1v) is 5.82. The highest BCUT2D eigenvalue weighted by Gasteiger charge is 2.19. The van der Waals surface area contributed by atoms with E-state index in [2.05, 4.69) is 20.8 Å². The van der Waals surface area contributed by atoms with Crippen LogP contribution in [-0.4, -0.2) is 23.5 Å². The standard InChI is InChI=1S/C14H19NO3/c1-10(16)9-15(13(17)18)12-7-5-6-11(8-12)14(2,3)4/h5-8H,9H2,1-4H3,(H,17,18). The molecule has 0 aliphatic rings. The first kappa shape index (κ1) is 14.2. The highest BCUT2D eigenvalue weighted by Crippen LogP contribution is 2.26. The van der Waals surface area contributed by atoms with Crippen LogP contribution in [0.3, 0.4) is 0 Å². The molecule has 1 aromatic carbocycles. The molecule has 0 radical (unpaired) electrons. The third kappa shape index (κ3) is 3.58. The summed E-state index contributed by atoms with van der Waals surface area (Å²) in [5.41, 5.74) is 1.51. The zero-order chi connectivity index (χ0) is 13.9. The van der Waals surface area contributed by atoms with E-state index in [1.165, 1.54) is 6.92 Å². The SMILES string of the molecule is CC(=O)CN(C(=O)O)c1cccc(C(C)(C)C)c1. The minimum absolute atomic E-state index is 0.0591. The maximum Gasteiger partial charge on any atom is 0.412 e. The molecule has 0 fully saturated rings. The van der Waals surface area contributed by atoms with Crippen molar-refractivity contribution in [2.75, 3.05) is 11.4 Å². The summed E-state index contributed by atoms with van der Waals surface area (Å²) in [6.07, 6.45) is -1.11. The highest BCUT2D eigenvalue weighted by molar-refractivity contribution is 5.94. The number of amides is 1. The van der Waals surface area contributed by atoms with Gasteiger partial charge in [0.05, 0.1) is 6.54 Å². The smallest absolute Gasteiger partial charge is 0.412 e. The lowest BCUT2D eigenvalue weighted by Gasteiger charge is -2.23. The van der Waals surface area contributed by atoms with Gasteiger partial charge in [0.15, 0.2) is 0 Å². The molecule has 0 aromatic heterocycles. The van der Waals surface area contributed by atoms with Gasteiger partial charge in [-0.1, -0.05) is 32.9 Å². The molecule has 1 N–H and O–H groups in total. The van der Waals surface area contributed by atoms with E-state index >= 15 is 0 Å². The van der Waals surface area contributed by atoms with Crippen molar-refractivity contribution in [3.8, 4) is 0 Å². The van der Waals surface area contributed by atoms with Crippen molar-refractivity contribution in [3.63, 3.8) is 0 Å². The average Bonchev–Trinajstić information content (AvgIpc) is 2.24. The van der Waals surface area contributed by atoms with E-state index in [1.807, 2.05) is 18.2 Å². The lowest BCUT2D eigenvalue weighted by molar-refractivity contribution is -0.115. The van der Waals surface area contributed by atoms with Crippen molar-refractivity contribution in [3.05, 3.63) is 29.8 Å². The maximum absolute atomic E-state index is 11.2. The van der Waals surface area contributed by atoms with Crippen LogP contribution in [0.5, 0.6) is 0 Å². The Morgan fingerprint density at radius 1 is 1.28 bits per heavy atom. The molecule has 1 aromatic rings. The van der Waals surface area contributed by atoms with E-state index in [0.717, 1.165) is 10.5 Å². The number of hydrogen-bond donors (Lipinski definition) is 1. The van der Waals surface area contributed by atoms with Crippen molar-refractivity contribution in [1.82, 2.24) is 0 Å². The van der Waals surface area contributed by atoms with Crippen LogP contribution in [0.2, 0.25) is 0 Å². The summed E-state index contributed by atoms with van der Waals surface area (Å²) in [4.78, 5) is 23.3. The molecule has 0 heterocycles. The Morgan fingerprint density at radius 3 is 2.33 bits per heavy atom. The molecule has 0 atom stereocenters. The first-order valence-electron chi connectivity index (χ1n) is 5.82. The fourth-order valence-corrected chi connectivity index (χ4v) is 1.63. The number of Topliss-reactive ketones (excluding diaryl/α,β-unsaturated/α-hetero) is 1. The van der Waals surface area contributed by atoms with Gasteiger partial charge in [-0.05, 0) is 30.0 Å². The van der Waals surface area contributed by atoms with Gasteiger partial charge >= 0.3 is 6.09 Å². The number of anilines is 1. The van der Waals surface area contributed by atoms with Crippen LogP contribution in [0.4, 0.5) is 10.5 Å². The fourth-order valence-electron chi connectivity index (χ4n) is 1.63. The Morgan fingerprint density at radius 2 is 1.89 bits per heavy atom. The largest absolute Gasteiger partial charge is 0.465 e. The van der Waals surface area contributed by atoms with Crippen LogP contribution in [0, 0.1) is 0 Å². The van der Waals surface area contributed by atoms with Crippen molar-refractivity contribution < 1.29 is 14.7 Å². The van der Waals surface area contributed by atoms with Gasteiger partial charge in [-0.2, -0.15) is 0 Å². The quantitative estimate of drug-likeness (QED) is 0.895. The van der Waals surface area contributed by atoms with Crippen LogP contribution < -0.4 is 4.90 Å². The molecule has 4 nitrogen and oxygen atoms in total. The van der Waals surface area contributed by atoms with Gasteiger partial charge in [0.2, 0.25) is 0 Å². The van der Waals surface area contributed by atoms with Crippen LogP contribution >= 0.6 is 0 Å². The number of ketones is 1. The maximum atomic E-state index is 11.2. The number of carbonyl (C=O) groups excluding carboxylic acids is 1. The Hall–Kier alpha value is -1.84. The Bertz CT molecular complexity index is 460. The molecule has 1 rings (SSSR count). The summed E-state index contributed by atoms with van der Waals surface area (Å²) in [6, 6.07) is 7.28. The summed E-state index contributed by atoms with van der Waals surface area (Å²) in [5.74, 6) is -0.182. The first-order chi connectivity index (χ1) is 8.21. The number of carboxylic acid groups (broad SMARTS) is 1. The monoisotopic (exact) mass is 249 g/mol. The number of benzene rings is 1. The molecule has 0 saturated heterocycles. The van der Waals surface area contributed by atoms with Crippen LogP contribution in [0.25, 0.3) is 0 Å². The summed E-state index contributed by atoms with van der Waals surface area (Å²) in [5, 5.41) is 9.14. The minimum Gasteiger partial charge on any atom is -0.465 e. The molecule has 4 heteroatoms. The van der Waals surface area contributed by atoms with Crippen molar-refractivity contribution in [2.45, 2.75) is 33.1 Å². The lowest BCUT2D eigenvalue weighted by atomic mass is 9.87. The predicted molar refractivity (Wildman–Crippen MR) is 71.2 cm³/mol. The second-order valence-corrected chi connectivity index (χ2v) is 5.37. The molecular formula is C14H19NO3. The van der Waals surface area contributed by atoms with Gasteiger partial charge in [-0.15, -0.1) is 0 Å². The van der Waals surface area contributed by atoms with Gasteiger partial charge in [0.1, 0.15) is 5.78 Å². The van der Waals surface area contributed by atoms with E-state index in [4.69, 9.17) is 5.11 Å². The molecule has 1 amide bonds. The number of carbonyl (C=O) groups is 2. The van der Waals surface area contributed by atoms with Gasteiger partial charge in [-0.3, -0.25) is 9.69 Å². The second-order valence-electron chi connectivity index (χ2n) is 5.37. The molecule has 98 valence electrons. The van der Waals surface area contributed by atoms with Crippen molar-refractivity contribution in [2.24, 2.45) is 0 Å². The number of rotatable bonds is 3. The molecule has 0 spiro atoms. The Balaban J connectivity index is 3.13. The number of nitrogens with zero attached hydrogens (tertiary/aromatic N) is 1. The molecule has 0 bridgehead atoms. The third-order valence-corrected chi connectivity index (χ3v) is 2.64. The molecule has 0 unspecified atom stereocenters. The van der Waals surface area contributed by atoms with E-state index in [0.29, 0.717) is 5.69 Å².